The highest BCUT2D eigenvalue weighted by molar-refractivity contribution is 5.95. The molecular formula is C20H20N4O2. The molecule has 1 saturated heterocycles. The van der Waals surface area contributed by atoms with Crippen LogP contribution >= 0.6 is 0 Å². The van der Waals surface area contributed by atoms with Crippen LogP contribution in [0.1, 0.15) is 30.1 Å². The third-order valence-corrected chi connectivity index (χ3v) is 4.41. The largest absolute Gasteiger partial charge is 0.378 e. The molecule has 2 heterocycles. The first-order valence-electron chi connectivity index (χ1n) is 8.77. The van der Waals surface area contributed by atoms with Crippen molar-refractivity contribution in [1.82, 2.24) is 10.1 Å². The highest BCUT2D eigenvalue weighted by Gasteiger charge is 2.21. The minimum Gasteiger partial charge on any atom is -0.378 e. The maximum Gasteiger partial charge on any atom is 0.231 e. The van der Waals surface area contributed by atoms with Gasteiger partial charge in [0.15, 0.2) is 5.82 Å². The van der Waals surface area contributed by atoms with Gasteiger partial charge < -0.3 is 14.7 Å². The number of aromatic nitrogens is 2. The van der Waals surface area contributed by atoms with Crippen LogP contribution in [0.2, 0.25) is 0 Å². The van der Waals surface area contributed by atoms with E-state index in [4.69, 9.17) is 4.52 Å². The Kier molecular flexibility index (Phi) is 4.64. The summed E-state index contributed by atoms with van der Waals surface area (Å²) in [5.41, 5.74) is 3.04. The Hall–Kier alpha value is -3.15. The fourth-order valence-corrected chi connectivity index (χ4v) is 3.07. The van der Waals surface area contributed by atoms with E-state index in [-0.39, 0.29) is 5.91 Å². The summed E-state index contributed by atoms with van der Waals surface area (Å²) in [5.74, 6) is 1.43. The average molecular weight is 348 g/mol. The summed E-state index contributed by atoms with van der Waals surface area (Å²) in [6, 6.07) is 17.9. The first-order valence-corrected chi connectivity index (χ1v) is 8.77. The fourth-order valence-electron chi connectivity index (χ4n) is 3.07. The zero-order chi connectivity index (χ0) is 17.8. The lowest BCUT2D eigenvalue weighted by Crippen LogP contribution is -2.23. The zero-order valence-corrected chi connectivity index (χ0v) is 14.4. The van der Waals surface area contributed by atoms with E-state index >= 15 is 0 Å². The molecule has 3 aromatic rings. The highest BCUT2D eigenvalue weighted by Crippen LogP contribution is 2.23. The van der Waals surface area contributed by atoms with Gasteiger partial charge in [-0.1, -0.05) is 35.5 Å². The van der Waals surface area contributed by atoms with Crippen LogP contribution in [-0.4, -0.2) is 22.6 Å². The van der Waals surface area contributed by atoms with Gasteiger partial charge >= 0.3 is 0 Å². The Labute approximate surface area is 151 Å². The predicted molar refractivity (Wildman–Crippen MR) is 98.9 cm³/mol. The molecule has 4 rings (SSSR count). The first kappa shape index (κ1) is 16.3. The minimum atomic E-state index is 0.198. The van der Waals surface area contributed by atoms with E-state index in [1.807, 2.05) is 59.5 Å². The Morgan fingerprint density at radius 3 is 2.62 bits per heavy atom. The molecular weight excluding hydrogens is 328 g/mol. The van der Waals surface area contributed by atoms with E-state index in [2.05, 4.69) is 15.5 Å². The fraction of sp³-hybridized carbons (Fsp3) is 0.250. The Bertz CT molecular complexity index is 874. The van der Waals surface area contributed by atoms with Crippen LogP contribution in [0.3, 0.4) is 0 Å². The van der Waals surface area contributed by atoms with Gasteiger partial charge in [-0.15, -0.1) is 0 Å². The summed E-state index contributed by atoms with van der Waals surface area (Å²) >= 11 is 0. The Balaban J connectivity index is 1.33. The average Bonchev–Trinajstić information content (AvgIpc) is 3.30. The van der Waals surface area contributed by atoms with E-state index in [0.717, 1.165) is 29.9 Å². The van der Waals surface area contributed by atoms with E-state index in [0.29, 0.717) is 31.1 Å². The molecule has 1 aromatic heterocycles. The number of benzene rings is 2. The predicted octanol–water partition coefficient (Wildman–Crippen LogP) is 3.40. The summed E-state index contributed by atoms with van der Waals surface area (Å²) < 4.78 is 5.31. The highest BCUT2D eigenvalue weighted by atomic mass is 16.5. The second-order valence-electron chi connectivity index (χ2n) is 6.32. The van der Waals surface area contributed by atoms with Crippen LogP contribution in [0.4, 0.5) is 11.4 Å². The summed E-state index contributed by atoms with van der Waals surface area (Å²) in [5, 5.41) is 7.30. The van der Waals surface area contributed by atoms with E-state index in [9.17, 15) is 4.79 Å². The molecule has 0 aliphatic carbocycles. The molecule has 1 N–H and O–H groups in total. The van der Waals surface area contributed by atoms with Crippen molar-refractivity contribution in [3.63, 3.8) is 0 Å². The number of amides is 1. The SMILES string of the molecule is O=C1CCCN1c1ccc(NCc2noc(Cc3ccccc3)n2)cc1. The van der Waals surface area contributed by atoms with Crippen molar-refractivity contribution in [2.24, 2.45) is 0 Å². The first-order chi connectivity index (χ1) is 12.8. The molecule has 6 heteroatoms. The molecule has 0 spiro atoms. The number of hydrogen-bond donors (Lipinski definition) is 1. The zero-order valence-electron chi connectivity index (χ0n) is 14.4. The Morgan fingerprint density at radius 1 is 1.08 bits per heavy atom. The topological polar surface area (TPSA) is 71.3 Å². The molecule has 1 amide bonds. The van der Waals surface area contributed by atoms with Crippen molar-refractivity contribution in [2.45, 2.75) is 25.8 Å². The molecule has 0 saturated carbocycles. The smallest absolute Gasteiger partial charge is 0.231 e. The lowest BCUT2D eigenvalue weighted by atomic mass is 10.1. The van der Waals surface area contributed by atoms with Crippen molar-refractivity contribution in [3.05, 3.63) is 71.9 Å². The molecule has 1 aliphatic rings. The van der Waals surface area contributed by atoms with E-state index in [1.54, 1.807) is 0 Å². The quantitative estimate of drug-likeness (QED) is 0.739. The number of hydrogen-bond acceptors (Lipinski definition) is 5. The van der Waals surface area contributed by atoms with Gasteiger partial charge in [-0.05, 0) is 36.2 Å². The van der Waals surface area contributed by atoms with Crippen LogP contribution in [0, 0.1) is 0 Å². The monoisotopic (exact) mass is 348 g/mol. The number of nitrogens with one attached hydrogen (secondary N) is 1. The molecule has 0 unspecified atom stereocenters. The van der Waals surface area contributed by atoms with Gasteiger partial charge in [-0.3, -0.25) is 4.79 Å². The molecule has 132 valence electrons. The number of nitrogens with zero attached hydrogens (tertiary/aromatic N) is 3. The van der Waals surface area contributed by atoms with E-state index in [1.165, 1.54) is 0 Å². The van der Waals surface area contributed by atoms with Crippen molar-refractivity contribution in [3.8, 4) is 0 Å². The van der Waals surface area contributed by atoms with Crippen LogP contribution in [0.25, 0.3) is 0 Å². The third kappa shape index (κ3) is 3.74. The molecule has 2 aromatic carbocycles. The summed E-state index contributed by atoms with van der Waals surface area (Å²) in [4.78, 5) is 18.0. The standard InChI is InChI=1S/C20H20N4O2/c25-20-7-4-12-24(20)17-10-8-16(9-11-17)21-14-18-22-19(26-23-18)13-15-5-2-1-3-6-15/h1-3,5-6,8-11,21H,4,7,12-14H2. The maximum absolute atomic E-state index is 11.8. The van der Waals surface area contributed by atoms with Gasteiger partial charge in [-0.25, -0.2) is 0 Å². The van der Waals surface area contributed by atoms with Crippen molar-refractivity contribution in [1.29, 1.82) is 0 Å². The van der Waals surface area contributed by atoms with Gasteiger partial charge in [0, 0.05) is 24.3 Å². The second-order valence-corrected chi connectivity index (χ2v) is 6.32. The number of anilines is 2. The number of carbonyl (C=O) groups excluding carboxylic acids is 1. The molecule has 0 radical (unpaired) electrons. The summed E-state index contributed by atoms with van der Waals surface area (Å²) in [7, 11) is 0. The number of rotatable bonds is 6. The lowest BCUT2D eigenvalue weighted by molar-refractivity contribution is -0.117. The van der Waals surface area contributed by atoms with Crippen LogP contribution < -0.4 is 10.2 Å². The summed E-state index contributed by atoms with van der Waals surface area (Å²) in [6.07, 6.45) is 2.21. The van der Waals surface area contributed by atoms with Gasteiger partial charge in [0.25, 0.3) is 0 Å². The molecule has 1 fully saturated rings. The molecule has 26 heavy (non-hydrogen) atoms. The van der Waals surface area contributed by atoms with Crippen molar-refractivity contribution in [2.75, 3.05) is 16.8 Å². The van der Waals surface area contributed by atoms with Crippen LogP contribution in [0.15, 0.2) is 59.1 Å². The normalized spacial score (nSPS) is 14.0. The van der Waals surface area contributed by atoms with Gasteiger partial charge in [0.05, 0.1) is 13.0 Å². The van der Waals surface area contributed by atoms with Crippen LogP contribution in [0.5, 0.6) is 0 Å². The van der Waals surface area contributed by atoms with Gasteiger partial charge in [0.2, 0.25) is 11.8 Å². The van der Waals surface area contributed by atoms with Gasteiger partial charge in [0.1, 0.15) is 0 Å². The maximum atomic E-state index is 11.8. The Morgan fingerprint density at radius 2 is 1.88 bits per heavy atom. The molecule has 0 bridgehead atoms. The van der Waals surface area contributed by atoms with Gasteiger partial charge in [-0.2, -0.15) is 4.98 Å². The summed E-state index contributed by atoms with van der Waals surface area (Å²) in [6.45, 7) is 1.29. The third-order valence-electron chi connectivity index (χ3n) is 4.41. The number of carbonyl (C=O) groups is 1. The molecule has 6 nitrogen and oxygen atoms in total. The molecule has 1 aliphatic heterocycles. The minimum absolute atomic E-state index is 0.198. The lowest BCUT2D eigenvalue weighted by Gasteiger charge is -2.16. The van der Waals surface area contributed by atoms with E-state index < -0.39 is 0 Å². The molecule has 0 atom stereocenters. The van der Waals surface area contributed by atoms with Crippen molar-refractivity contribution < 1.29 is 9.32 Å². The second kappa shape index (κ2) is 7.39. The van der Waals surface area contributed by atoms with Crippen molar-refractivity contribution >= 4 is 17.3 Å². The van der Waals surface area contributed by atoms with Crippen LogP contribution in [-0.2, 0) is 17.8 Å².